The summed E-state index contributed by atoms with van der Waals surface area (Å²) in [6.45, 7) is 1.81. The van der Waals surface area contributed by atoms with E-state index in [1.54, 1.807) is 24.3 Å². The quantitative estimate of drug-likeness (QED) is 0.267. The van der Waals surface area contributed by atoms with Gasteiger partial charge in [-0.3, -0.25) is 20.4 Å². The molecule has 0 aliphatic carbocycles. The number of nitrogens with one attached hydrogen (secondary N) is 4. The first-order chi connectivity index (χ1) is 15.0. The number of sulfonamides is 1. The van der Waals surface area contributed by atoms with Crippen LogP contribution < -0.4 is 26.6 Å². The maximum atomic E-state index is 12.7. The minimum atomic E-state index is -4.03. The fourth-order valence-electron chi connectivity index (χ4n) is 2.44. The highest BCUT2D eigenvalue weighted by atomic mass is 35.5. The molecule has 0 fully saturated rings. The summed E-state index contributed by atoms with van der Waals surface area (Å²) in [6.07, 6.45) is -0.360. The van der Waals surface area contributed by atoms with Gasteiger partial charge in [-0.05, 0) is 55.9 Å². The second kappa shape index (κ2) is 11.4. The first-order valence-corrected chi connectivity index (χ1v) is 11.8. The van der Waals surface area contributed by atoms with Crippen molar-refractivity contribution in [2.24, 2.45) is 5.73 Å². The lowest BCUT2D eigenvalue weighted by Crippen LogP contribution is -2.53. The van der Waals surface area contributed by atoms with E-state index in [0.717, 1.165) is 5.56 Å². The number of hydrazine groups is 1. The van der Waals surface area contributed by atoms with E-state index in [1.165, 1.54) is 18.2 Å². The maximum absolute atomic E-state index is 12.7. The number of hydrogen-bond donors (Lipinski definition) is 5. The average molecular weight is 518 g/mol. The van der Waals surface area contributed by atoms with Gasteiger partial charge in [0.05, 0.1) is 14.9 Å². The molecule has 0 aliphatic heterocycles. The van der Waals surface area contributed by atoms with E-state index in [4.69, 9.17) is 41.2 Å². The monoisotopic (exact) mass is 517 g/mol. The number of thiocarbonyl (C=S) groups is 1. The fourth-order valence-corrected chi connectivity index (χ4v) is 4.14. The van der Waals surface area contributed by atoms with Crippen molar-refractivity contribution in [3.8, 4) is 0 Å². The molecule has 172 valence electrons. The molecule has 13 heteroatoms. The van der Waals surface area contributed by atoms with E-state index in [-0.39, 0.29) is 22.8 Å². The molecular formula is C19H21Cl2N5O4S2. The first-order valence-electron chi connectivity index (χ1n) is 9.17. The number of primary amides is 1. The summed E-state index contributed by atoms with van der Waals surface area (Å²) in [7, 11) is -4.03. The van der Waals surface area contributed by atoms with Gasteiger partial charge in [-0.25, -0.2) is 8.42 Å². The number of halogens is 2. The van der Waals surface area contributed by atoms with Crippen LogP contribution in [0.3, 0.4) is 0 Å². The van der Waals surface area contributed by atoms with Crippen LogP contribution in [0, 0.1) is 6.92 Å². The Bertz CT molecular complexity index is 1110. The Morgan fingerprint density at radius 1 is 1.06 bits per heavy atom. The van der Waals surface area contributed by atoms with Gasteiger partial charge in [-0.15, -0.1) is 0 Å². The van der Waals surface area contributed by atoms with Crippen LogP contribution in [0.15, 0.2) is 47.4 Å². The number of nitrogens with two attached hydrogens (primary N) is 1. The lowest BCUT2D eigenvalue weighted by Gasteiger charge is -2.19. The third kappa shape index (κ3) is 7.92. The highest BCUT2D eigenvalue weighted by Gasteiger charge is 2.26. The van der Waals surface area contributed by atoms with Gasteiger partial charge in [0.1, 0.15) is 6.04 Å². The lowest BCUT2D eigenvalue weighted by atomic mass is 10.1. The topological polar surface area (TPSA) is 142 Å². The Balaban J connectivity index is 2.04. The molecular weight excluding hydrogens is 497 g/mol. The van der Waals surface area contributed by atoms with Gasteiger partial charge in [-0.1, -0.05) is 40.9 Å². The minimum Gasteiger partial charge on any atom is -0.370 e. The molecule has 2 aromatic carbocycles. The molecule has 0 aromatic heterocycles. The SMILES string of the molecule is Cc1ccc(S(=O)(=O)N[C@@H](CCC(N)=O)C(=O)NNC(=S)Nc2ccc(Cl)c(Cl)c2)cc1. The van der Waals surface area contributed by atoms with Crippen LogP contribution in [0.5, 0.6) is 0 Å². The summed E-state index contributed by atoms with van der Waals surface area (Å²) in [4.78, 5) is 23.7. The smallest absolute Gasteiger partial charge is 0.256 e. The summed E-state index contributed by atoms with van der Waals surface area (Å²) >= 11 is 16.9. The number of carbonyl (C=O) groups excluding carboxylic acids is 2. The number of carbonyl (C=O) groups is 2. The Morgan fingerprint density at radius 3 is 2.31 bits per heavy atom. The number of rotatable bonds is 8. The summed E-state index contributed by atoms with van der Waals surface area (Å²) in [5.41, 5.74) is 11.3. The average Bonchev–Trinajstić information content (AvgIpc) is 2.72. The first kappa shape index (κ1) is 25.8. The number of aryl methyl sites for hydroxylation is 1. The van der Waals surface area contributed by atoms with Crippen molar-refractivity contribution in [2.45, 2.75) is 30.7 Å². The van der Waals surface area contributed by atoms with Crippen LogP contribution in [0.1, 0.15) is 18.4 Å². The Morgan fingerprint density at radius 2 is 1.72 bits per heavy atom. The fraction of sp³-hybridized carbons (Fsp3) is 0.211. The number of hydrogen-bond acceptors (Lipinski definition) is 5. The molecule has 0 unspecified atom stereocenters. The zero-order chi connectivity index (χ0) is 23.9. The van der Waals surface area contributed by atoms with Gasteiger partial charge in [0, 0.05) is 12.1 Å². The molecule has 2 amide bonds. The summed E-state index contributed by atoms with van der Waals surface area (Å²) in [5, 5.41) is 3.46. The van der Waals surface area contributed by atoms with Crippen molar-refractivity contribution >= 4 is 68.1 Å². The largest absolute Gasteiger partial charge is 0.370 e. The summed E-state index contributed by atoms with van der Waals surface area (Å²) in [5.74, 6) is -1.44. The maximum Gasteiger partial charge on any atom is 0.256 e. The van der Waals surface area contributed by atoms with Gasteiger partial charge >= 0.3 is 0 Å². The van der Waals surface area contributed by atoms with E-state index in [9.17, 15) is 18.0 Å². The molecule has 6 N–H and O–H groups in total. The molecule has 1 atom stereocenters. The minimum absolute atomic E-state index is 0.00628. The van der Waals surface area contributed by atoms with E-state index < -0.39 is 27.9 Å². The van der Waals surface area contributed by atoms with Gasteiger partial charge < -0.3 is 11.1 Å². The zero-order valence-electron chi connectivity index (χ0n) is 16.8. The molecule has 0 saturated heterocycles. The molecule has 9 nitrogen and oxygen atoms in total. The highest BCUT2D eigenvalue weighted by Crippen LogP contribution is 2.24. The molecule has 32 heavy (non-hydrogen) atoms. The second-order valence-electron chi connectivity index (χ2n) is 6.69. The van der Waals surface area contributed by atoms with Gasteiger partial charge in [0.25, 0.3) is 5.91 Å². The molecule has 0 heterocycles. The van der Waals surface area contributed by atoms with Crippen molar-refractivity contribution in [3.05, 3.63) is 58.1 Å². The summed E-state index contributed by atoms with van der Waals surface area (Å²) < 4.78 is 27.6. The molecule has 0 spiro atoms. The van der Waals surface area contributed by atoms with Gasteiger partial charge in [0.2, 0.25) is 15.9 Å². The number of benzene rings is 2. The van der Waals surface area contributed by atoms with Crippen molar-refractivity contribution < 1.29 is 18.0 Å². The third-order valence-corrected chi connectivity index (χ3v) is 6.53. The van der Waals surface area contributed by atoms with E-state index >= 15 is 0 Å². The molecule has 0 aliphatic rings. The molecule has 0 saturated carbocycles. The van der Waals surface area contributed by atoms with Crippen LogP contribution in [0.4, 0.5) is 5.69 Å². The third-order valence-electron chi connectivity index (χ3n) is 4.10. The predicted octanol–water partition coefficient (Wildman–Crippen LogP) is 2.23. The van der Waals surface area contributed by atoms with Crippen molar-refractivity contribution in [1.29, 1.82) is 0 Å². The van der Waals surface area contributed by atoms with E-state index in [2.05, 4.69) is 20.9 Å². The Hall–Kier alpha value is -2.44. The normalized spacial score (nSPS) is 12.0. The zero-order valence-corrected chi connectivity index (χ0v) is 20.0. The molecule has 2 rings (SSSR count). The van der Waals surface area contributed by atoms with E-state index in [0.29, 0.717) is 15.7 Å². The van der Waals surface area contributed by atoms with Crippen molar-refractivity contribution in [1.82, 2.24) is 15.6 Å². The van der Waals surface area contributed by atoms with Gasteiger partial charge in [0.15, 0.2) is 5.11 Å². The van der Waals surface area contributed by atoms with E-state index in [1.807, 2.05) is 6.92 Å². The van der Waals surface area contributed by atoms with Crippen LogP contribution >= 0.6 is 35.4 Å². The lowest BCUT2D eigenvalue weighted by molar-refractivity contribution is -0.123. The number of amides is 2. The molecule has 0 radical (unpaired) electrons. The Labute approximate surface area is 201 Å². The number of anilines is 1. The Kier molecular flexibility index (Phi) is 9.22. The van der Waals surface area contributed by atoms with Crippen molar-refractivity contribution in [3.63, 3.8) is 0 Å². The van der Waals surface area contributed by atoms with Crippen LogP contribution in [0.2, 0.25) is 10.0 Å². The van der Waals surface area contributed by atoms with Crippen LogP contribution in [0.25, 0.3) is 0 Å². The van der Waals surface area contributed by atoms with Crippen LogP contribution in [-0.4, -0.2) is 31.4 Å². The standard InChI is InChI=1S/C19H21Cl2N5O4S2/c1-11-2-5-13(6-3-11)32(29,30)26-16(8-9-17(22)27)18(28)24-25-19(31)23-12-4-7-14(20)15(21)10-12/h2-7,10,16,26H,8-9H2,1H3,(H2,22,27)(H,24,28)(H2,23,25,31)/t16-/m0/s1. The molecule has 0 bridgehead atoms. The second-order valence-corrected chi connectivity index (χ2v) is 9.63. The van der Waals surface area contributed by atoms with Crippen LogP contribution in [-0.2, 0) is 19.6 Å². The predicted molar refractivity (Wildman–Crippen MR) is 128 cm³/mol. The highest BCUT2D eigenvalue weighted by molar-refractivity contribution is 7.89. The van der Waals surface area contributed by atoms with Crippen molar-refractivity contribution in [2.75, 3.05) is 5.32 Å². The van der Waals surface area contributed by atoms with Gasteiger partial charge in [-0.2, -0.15) is 4.72 Å². The molecule has 2 aromatic rings. The summed E-state index contributed by atoms with van der Waals surface area (Å²) in [6, 6.07) is 9.51.